The molecule has 1 fully saturated rings. The number of amides is 1. The van der Waals surface area contributed by atoms with E-state index < -0.39 is 74.2 Å². The molecule has 1 amide bonds. The Morgan fingerprint density at radius 3 is 1.83 bits per heavy atom. The minimum atomic E-state index is -1.66. The van der Waals surface area contributed by atoms with Crippen molar-refractivity contribution < 1.29 is 50.0 Å². The lowest BCUT2D eigenvalue weighted by molar-refractivity contribution is -0.303. The van der Waals surface area contributed by atoms with E-state index >= 15 is 0 Å². The third-order valence-electron chi connectivity index (χ3n) is 9.08. The van der Waals surface area contributed by atoms with Crippen LogP contribution in [0.5, 0.6) is 0 Å². The Morgan fingerprint density at radius 2 is 1.26 bits per heavy atom. The Morgan fingerprint density at radius 1 is 0.723 bits per heavy atom. The Bertz CT molecular complexity index is 785. The lowest BCUT2D eigenvalue weighted by Gasteiger charge is -2.40. The van der Waals surface area contributed by atoms with Gasteiger partial charge < -0.3 is 50.5 Å². The van der Waals surface area contributed by atoms with Crippen LogP contribution in [-0.4, -0.2) is 110 Å². The van der Waals surface area contributed by atoms with Crippen LogP contribution >= 0.6 is 0 Å². The molecule has 47 heavy (non-hydrogen) atoms. The summed E-state index contributed by atoms with van der Waals surface area (Å²) in [5, 5.41) is 74.9. The van der Waals surface area contributed by atoms with Crippen molar-refractivity contribution >= 4 is 5.91 Å². The number of unbranched alkanes of at least 4 members (excludes halogenated alkanes) is 15. The molecule has 0 bridgehead atoms. The fourth-order valence-corrected chi connectivity index (χ4v) is 5.85. The van der Waals surface area contributed by atoms with Crippen molar-refractivity contribution in [2.45, 2.75) is 197 Å². The maximum Gasteiger partial charge on any atom is 0.249 e. The predicted molar refractivity (Wildman–Crippen MR) is 182 cm³/mol. The molecule has 0 radical (unpaired) electrons. The number of carbonyl (C=O) groups is 1. The van der Waals surface area contributed by atoms with Crippen LogP contribution in [0, 0.1) is 0 Å². The Labute approximate surface area is 283 Å². The first-order chi connectivity index (χ1) is 22.7. The maximum atomic E-state index is 12.9. The van der Waals surface area contributed by atoms with Crippen molar-refractivity contribution in [3.05, 3.63) is 12.2 Å². The molecule has 1 aliphatic heterocycles. The summed E-state index contributed by atoms with van der Waals surface area (Å²) in [6.45, 7) is 3.32. The van der Waals surface area contributed by atoms with E-state index in [1.165, 1.54) is 70.6 Å². The van der Waals surface area contributed by atoms with Gasteiger partial charge in [0.2, 0.25) is 5.91 Å². The van der Waals surface area contributed by atoms with E-state index in [0.29, 0.717) is 19.3 Å². The van der Waals surface area contributed by atoms with Gasteiger partial charge in [-0.05, 0) is 32.1 Å². The second-order valence-electron chi connectivity index (χ2n) is 13.3. The summed E-state index contributed by atoms with van der Waals surface area (Å²) >= 11 is 0. The lowest BCUT2D eigenvalue weighted by atomic mass is 9.98. The van der Waals surface area contributed by atoms with Gasteiger partial charge in [-0.25, -0.2) is 0 Å². The molecule has 9 atom stereocenters. The van der Waals surface area contributed by atoms with E-state index in [4.69, 9.17) is 9.47 Å². The van der Waals surface area contributed by atoms with Crippen molar-refractivity contribution in [2.24, 2.45) is 0 Å². The van der Waals surface area contributed by atoms with Gasteiger partial charge >= 0.3 is 0 Å². The summed E-state index contributed by atoms with van der Waals surface area (Å²) in [6.07, 6.45) is 13.0. The highest BCUT2D eigenvalue weighted by Crippen LogP contribution is 2.23. The Balaban J connectivity index is 2.62. The summed E-state index contributed by atoms with van der Waals surface area (Å²) in [5.41, 5.74) is 0. The quantitative estimate of drug-likeness (QED) is 0.0428. The Kier molecular flexibility index (Phi) is 25.8. The van der Waals surface area contributed by atoms with E-state index in [1.54, 1.807) is 0 Å². The van der Waals surface area contributed by atoms with Crippen molar-refractivity contribution in [3.63, 3.8) is 0 Å². The molecule has 11 heteroatoms. The molecular formula is C36H69NO10. The van der Waals surface area contributed by atoms with E-state index in [2.05, 4.69) is 19.2 Å². The maximum absolute atomic E-state index is 12.9. The summed E-state index contributed by atoms with van der Waals surface area (Å²) in [7, 11) is 0. The number of rotatable bonds is 29. The molecule has 9 unspecified atom stereocenters. The first kappa shape index (κ1) is 43.9. The van der Waals surface area contributed by atoms with Gasteiger partial charge in [0.1, 0.15) is 36.6 Å². The molecule has 278 valence electrons. The summed E-state index contributed by atoms with van der Waals surface area (Å²) in [6, 6.07) is -1.18. The summed E-state index contributed by atoms with van der Waals surface area (Å²) < 4.78 is 11.0. The smallest absolute Gasteiger partial charge is 0.249 e. The molecule has 0 aliphatic carbocycles. The number of hydrogen-bond acceptors (Lipinski definition) is 10. The third kappa shape index (κ3) is 19.0. The second kappa shape index (κ2) is 27.6. The number of aliphatic hydroxyl groups is 7. The van der Waals surface area contributed by atoms with Crippen LogP contribution in [0.4, 0.5) is 0 Å². The SMILES string of the molecule is CCCCCC/C=C\CCC(O)C(=O)NC(COC1OC(CO)C(O)C(O)C1O)C(O)C(O)CCCCCCCCCCCCCC. The zero-order chi connectivity index (χ0) is 34.9. The first-order valence-electron chi connectivity index (χ1n) is 18.6. The number of aliphatic hydroxyl groups excluding tert-OH is 7. The minimum absolute atomic E-state index is 0.176. The van der Waals surface area contributed by atoms with Crippen molar-refractivity contribution in [1.29, 1.82) is 0 Å². The highest BCUT2D eigenvalue weighted by molar-refractivity contribution is 5.80. The van der Waals surface area contributed by atoms with Crippen LogP contribution in [0.1, 0.15) is 142 Å². The average Bonchev–Trinajstić information content (AvgIpc) is 3.07. The van der Waals surface area contributed by atoms with Gasteiger partial charge in [-0.1, -0.05) is 122 Å². The molecule has 0 aromatic rings. The third-order valence-corrected chi connectivity index (χ3v) is 9.08. The Hall–Kier alpha value is -1.15. The number of carbonyl (C=O) groups excluding carboxylic acids is 1. The van der Waals surface area contributed by atoms with Crippen LogP contribution in [0.2, 0.25) is 0 Å². The van der Waals surface area contributed by atoms with Crippen LogP contribution in [0.15, 0.2) is 12.2 Å². The molecular weight excluding hydrogens is 606 g/mol. The van der Waals surface area contributed by atoms with Crippen LogP contribution in [0.3, 0.4) is 0 Å². The molecule has 0 aromatic heterocycles. The lowest BCUT2D eigenvalue weighted by Crippen LogP contribution is -2.60. The summed E-state index contributed by atoms with van der Waals surface area (Å²) in [5.74, 6) is -0.736. The van der Waals surface area contributed by atoms with Gasteiger partial charge in [-0.3, -0.25) is 4.79 Å². The number of ether oxygens (including phenoxy) is 2. The summed E-state index contributed by atoms with van der Waals surface area (Å²) in [4.78, 5) is 12.9. The van der Waals surface area contributed by atoms with E-state index in [9.17, 15) is 40.5 Å². The van der Waals surface area contributed by atoms with Gasteiger partial charge in [0.05, 0.1) is 25.4 Å². The molecule has 0 spiro atoms. The fourth-order valence-electron chi connectivity index (χ4n) is 5.85. The monoisotopic (exact) mass is 675 g/mol. The standard InChI is InChI=1S/C36H69NO10/c1-3-5-7-9-11-13-14-15-16-18-19-21-23-28(39)31(41)27(26-46-36-34(44)33(43)32(42)30(25-38)47-36)37-35(45)29(40)24-22-20-17-12-10-8-6-4-2/h17,20,27-34,36,38-44H,3-16,18-19,21-26H2,1-2H3,(H,37,45)/b20-17-. The fraction of sp³-hybridized carbons (Fsp3) is 0.917. The van der Waals surface area contributed by atoms with Crippen LogP contribution < -0.4 is 5.32 Å². The molecule has 11 nitrogen and oxygen atoms in total. The first-order valence-corrected chi connectivity index (χ1v) is 18.6. The normalized spacial score (nSPS) is 24.3. The van der Waals surface area contributed by atoms with Gasteiger partial charge in [-0.2, -0.15) is 0 Å². The van der Waals surface area contributed by atoms with Gasteiger partial charge in [0.25, 0.3) is 0 Å². The van der Waals surface area contributed by atoms with Gasteiger partial charge in [-0.15, -0.1) is 0 Å². The molecule has 0 aromatic carbocycles. The molecule has 8 N–H and O–H groups in total. The number of hydrogen-bond donors (Lipinski definition) is 8. The van der Waals surface area contributed by atoms with E-state index in [1.807, 2.05) is 12.2 Å². The highest BCUT2D eigenvalue weighted by Gasteiger charge is 2.44. The highest BCUT2D eigenvalue weighted by atomic mass is 16.7. The molecule has 1 heterocycles. The van der Waals surface area contributed by atoms with Crippen molar-refractivity contribution in [2.75, 3.05) is 13.2 Å². The van der Waals surface area contributed by atoms with Gasteiger partial charge in [0.15, 0.2) is 6.29 Å². The zero-order valence-corrected chi connectivity index (χ0v) is 29.3. The van der Waals surface area contributed by atoms with Crippen LogP contribution in [0.25, 0.3) is 0 Å². The predicted octanol–water partition coefficient (Wildman–Crippen LogP) is 3.77. The topological polar surface area (TPSA) is 189 Å². The zero-order valence-electron chi connectivity index (χ0n) is 29.3. The van der Waals surface area contributed by atoms with Crippen molar-refractivity contribution in [3.8, 4) is 0 Å². The number of nitrogens with one attached hydrogen (secondary N) is 1. The molecule has 0 saturated carbocycles. The van der Waals surface area contributed by atoms with E-state index in [0.717, 1.165) is 32.1 Å². The minimum Gasteiger partial charge on any atom is -0.394 e. The number of allylic oxidation sites excluding steroid dienone is 2. The molecule has 1 saturated heterocycles. The average molecular weight is 676 g/mol. The van der Waals surface area contributed by atoms with Crippen LogP contribution in [-0.2, 0) is 14.3 Å². The van der Waals surface area contributed by atoms with Gasteiger partial charge in [0, 0.05) is 0 Å². The largest absolute Gasteiger partial charge is 0.394 e. The van der Waals surface area contributed by atoms with Crippen molar-refractivity contribution in [1.82, 2.24) is 5.32 Å². The second-order valence-corrected chi connectivity index (χ2v) is 13.3. The molecule has 1 rings (SSSR count). The van der Waals surface area contributed by atoms with E-state index in [-0.39, 0.29) is 6.42 Å². The molecule has 1 aliphatic rings.